The molecule has 1 saturated heterocycles. The minimum absolute atomic E-state index is 0.0271. The normalized spacial score (nSPS) is 16.5. The van der Waals surface area contributed by atoms with Gasteiger partial charge in [0.05, 0.1) is 17.9 Å². The van der Waals surface area contributed by atoms with Crippen LogP contribution in [0, 0.1) is 0 Å². The molecule has 4 rings (SSSR count). The standard InChI is InChI=1S/C18H14N4O5S/c23-14-9-20(13-6-2-1-5-12(13)19-14)15(24)10-22-17(26)16(25)21(18(22)27)8-11-4-3-7-28-11/h1-7H,8-10H2,(H,19,23). The number of urea groups is 1. The number of para-hydroxylation sites is 2. The van der Waals surface area contributed by atoms with Crippen LogP contribution in [0.5, 0.6) is 0 Å². The number of rotatable bonds is 4. The number of hydrogen-bond donors (Lipinski definition) is 1. The van der Waals surface area contributed by atoms with Crippen molar-refractivity contribution in [1.29, 1.82) is 0 Å². The fourth-order valence-electron chi connectivity index (χ4n) is 3.06. The van der Waals surface area contributed by atoms with Gasteiger partial charge < -0.3 is 5.32 Å². The summed E-state index contributed by atoms with van der Waals surface area (Å²) in [6, 6.07) is 9.38. The van der Waals surface area contributed by atoms with Crippen LogP contribution in [-0.2, 0) is 25.7 Å². The van der Waals surface area contributed by atoms with Gasteiger partial charge in [-0.3, -0.25) is 29.0 Å². The molecule has 1 fully saturated rings. The monoisotopic (exact) mass is 398 g/mol. The van der Waals surface area contributed by atoms with E-state index in [-0.39, 0.29) is 19.0 Å². The average Bonchev–Trinajstić information content (AvgIpc) is 3.26. The number of thiophene rings is 1. The van der Waals surface area contributed by atoms with Crippen LogP contribution >= 0.6 is 11.3 Å². The van der Waals surface area contributed by atoms with E-state index in [1.165, 1.54) is 16.2 Å². The molecule has 2 aliphatic heterocycles. The summed E-state index contributed by atoms with van der Waals surface area (Å²) in [5.41, 5.74) is 0.925. The van der Waals surface area contributed by atoms with Crippen LogP contribution in [0.1, 0.15) is 4.88 Å². The summed E-state index contributed by atoms with van der Waals surface area (Å²) in [7, 11) is 0. The lowest BCUT2D eigenvalue weighted by Crippen LogP contribution is -2.48. The molecule has 6 amide bonds. The van der Waals surface area contributed by atoms with Crippen molar-refractivity contribution >= 4 is 52.4 Å². The predicted molar refractivity (Wildman–Crippen MR) is 99.4 cm³/mol. The summed E-state index contributed by atoms with van der Waals surface area (Å²) >= 11 is 1.35. The van der Waals surface area contributed by atoms with E-state index in [2.05, 4.69) is 5.32 Å². The van der Waals surface area contributed by atoms with E-state index in [1.807, 2.05) is 0 Å². The molecule has 0 unspecified atom stereocenters. The van der Waals surface area contributed by atoms with Gasteiger partial charge in [0.15, 0.2) is 0 Å². The molecule has 10 heteroatoms. The van der Waals surface area contributed by atoms with Crippen molar-refractivity contribution in [3.63, 3.8) is 0 Å². The van der Waals surface area contributed by atoms with Crippen LogP contribution in [-0.4, -0.2) is 52.5 Å². The molecule has 0 aliphatic carbocycles. The lowest BCUT2D eigenvalue weighted by atomic mass is 10.2. The molecule has 3 heterocycles. The molecule has 1 N–H and O–H groups in total. The lowest BCUT2D eigenvalue weighted by molar-refractivity contribution is -0.144. The average molecular weight is 398 g/mol. The number of benzene rings is 1. The third-order valence-electron chi connectivity index (χ3n) is 4.39. The van der Waals surface area contributed by atoms with Crippen LogP contribution in [0.25, 0.3) is 0 Å². The molecule has 0 radical (unpaired) electrons. The van der Waals surface area contributed by atoms with Crippen molar-refractivity contribution in [2.24, 2.45) is 0 Å². The maximum Gasteiger partial charge on any atom is 0.335 e. The maximum atomic E-state index is 12.8. The summed E-state index contributed by atoms with van der Waals surface area (Å²) in [5, 5.41) is 4.45. The third kappa shape index (κ3) is 3.03. The Morgan fingerprint density at radius 3 is 2.50 bits per heavy atom. The van der Waals surface area contributed by atoms with E-state index >= 15 is 0 Å². The maximum absolute atomic E-state index is 12.8. The number of anilines is 2. The van der Waals surface area contributed by atoms with Crippen LogP contribution in [0.3, 0.4) is 0 Å². The molecule has 0 saturated carbocycles. The smallest absolute Gasteiger partial charge is 0.323 e. The summed E-state index contributed by atoms with van der Waals surface area (Å²) in [5.74, 6) is -3.04. The number of imide groups is 2. The number of nitrogens with one attached hydrogen (secondary N) is 1. The fourth-order valence-corrected chi connectivity index (χ4v) is 3.76. The molecule has 142 valence electrons. The molecular weight excluding hydrogens is 384 g/mol. The molecule has 2 aromatic rings. The first-order chi connectivity index (χ1) is 13.5. The number of nitrogens with zero attached hydrogens (tertiary/aromatic N) is 3. The van der Waals surface area contributed by atoms with Crippen LogP contribution < -0.4 is 10.2 Å². The van der Waals surface area contributed by atoms with Crippen LogP contribution in [0.4, 0.5) is 16.2 Å². The first kappa shape index (κ1) is 17.9. The molecule has 2 aliphatic rings. The van der Waals surface area contributed by atoms with E-state index in [0.29, 0.717) is 16.3 Å². The lowest BCUT2D eigenvalue weighted by Gasteiger charge is -2.30. The minimum atomic E-state index is -1.05. The molecule has 0 bridgehead atoms. The highest BCUT2D eigenvalue weighted by molar-refractivity contribution is 7.09. The summed E-state index contributed by atoms with van der Waals surface area (Å²) in [6.07, 6.45) is 0. The fraction of sp³-hybridized carbons (Fsp3) is 0.167. The first-order valence-corrected chi connectivity index (χ1v) is 9.22. The van der Waals surface area contributed by atoms with Gasteiger partial charge in [0, 0.05) is 4.88 Å². The molecule has 9 nitrogen and oxygen atoms in total. The van der Waals surface area contributed by atoms with Gasteiger partial charge in [0.25, 0.3) is 0 Å². The van der Waals surface area contributed by atoms with Gasteiger partial charge in [-0.15, -0.1) is 11.3 Å². The SMILES string of the molecule is O=C1CN(C(=O)CN2C(=O)C(=O)N(Cc3cccs3)C2=O)c2ccccc2N1. The number of carbonyl (C=O) groups excluding carboxylic acids is 5. The second-order valence-electron chi connectivity index (χ2n) is 6.19. The highest BCUT2D eigenvalue weighted by Gasteiger charge is 2.46. The van der Waals surface area contributed by atoms with E-state index in [4.69, 9.17) is 0 Å². The second-order valence-corrected chi connectivity index (χ2v) is 7.22. The van der Waals surface area contributed by atoms with Gasteiger partial charge >= 0.3 is 17.8 Å². The molecular formula is C18H14N4O5S. The Kier molecular flexibility index (Phi) is 4.40. The molecule has 0 spiro atoms. The van der Waals surface area contributed by atoms with Crippen molar-refractivity contribution in [3.8, 4) is 0 Å². The molecule has 0 atom stereocenters. The Morgan fingerprint density at radius 2 is 1.75 bits per heavy atom. The number of hydrogen-bond acceptors (Lipinski definition) is 6. The highest BCUT2D eigenvalue weighted by atomic mass is 32.1. The molecule has 1 aromatic carbocycles. The molecule has 1 aromatic heterocycles. The zero-order valence-corrected chi connectivity index (χ0v) is 15.3. The van der Waals surface area contributed by atoms with E-state index in [9.17, 15) is 24.0 Å². The van der Waals surface area contributed by atoms with Gasteiger partial charge in [-0.1, -0.05) is 18.2 Å². The number of carbonyl (C=O) groups is 5. The van der Waals surface area contributed by atoms with Crippen LogP contribution in [0.15, 0.2) is 41.8 Å². The quantitative estimate of drug-likeness (QED) is 0.611. The highest BCUT2D eigenvalue weighted by Crippen LogP contribution is 2.29. The Morgan fingerprint density at radius 1 is 1.00 bits per heavy atom. The summed E-state index contributed by atoms with van der Waals surface area (Å²) in [6.45, 7) is -0.883. The third-order valence-corrected chi connectivity index (χ3v) is 5.26. The summed E-state index contributed by atoms with van der Waals surface area (Å²) in [4.78, 5) is 65.0. The Balaban J connectivity index is 1.53. The molecule has 28 heavy (non-hydrogen) atoms. The van der Waals surface area contributed by atoms with Gasteiger partial charge in [-0.05, 0) is 23.6 Å². The van der Waals surface area contributed by atoms with E-state index in [1.54, 1.807) is 41.8 Å². The van der Waals surface area contributed by atoms with Crippen molar-refractivity contribution < 1.29 is 24.0 Å². The summed E-state index contributed by atoms with van der Waals surface area (Å²) < 4.78 is 0. The van der Waals surface area contributed by atoms with Crippen molar-refractivity contribution in [1.82, 2.24) is 9.80 Å². The van der Waals surface area contributed by atoms with Crippen molar-refractivity contribution in [3.05, 3.63) is 46.7 Å². The van der Waals surface area contributed by atoms with Gasteiger partial charge in [-0.25, -0.2) is 9.69 Å². The van der Waals surface area contributed by atoms with Crippen molar-refractivity contribution in [2.75, 3.05) is 23.3 Å². The van der Waals surface area contributed by atoms with E-state index < -0.39 is 30.3 Å². The van der Waals surface area contributed by atoms with E-state index in [0.717, 1.165) is 9.78 Å². The Bertz CT molecular complexity index is 1000. The minimum Gasteiger partial charge on any atom is -0.323 e. The van der Waals surface area contributed by atoms with Gasteiger partial charge in [-0.2, -0.15) is 0 Å². The second kappa shape index (κ2) is 6.89. The van der Waals surface area contributed by atoms with Gasteiger partial charge in [0.2, 0.25) is 11.8 Å². The van der Waals surface area contributed by atoms with Gasteiger partial charge in [0.1, 0.15) is 13.1 Å². The van der Waals surface area contributed by atoms with Crippen LogP contribution in [0.2, 0.25) is 0 Å². The Hall–Kier alpha value is -3.53. The largest absolute Gasteiger partial charge is 0.335 e. The number of amides is 6. The Labute approximate surface area is 163 Å². The first-order valence-electron chi connectivity index (χ1n) is 8.34. The zero-order valence-electron chi connectivity index (χ0n) is 14.5. The number of fused-ring (bicyclic) bond motifs is 1. The zero-order chi connectivity index (χ0) is 19.8. The topological polar surface area (TPSA) is 107 Å². The predicted octanol–water partition coefficient (Wildman–Crippen LogP) is 1.02. The van der Waals surface area contributed by atoms with Crippen molar-refractivity contribution in [2.45, 2.75) is 6.54 Å².